The molecule has 0 saturated heterocycles. The summed E-state index contributed by atoms with van der Waals surface area (Å²) >= 11 is 2.01. The van der Waals surface area contributed by atoms with Crippen LogP contribution in [0.1, 0.15) is 20.3 Å². The highest BCUT2D eigenvalue weighted by atomic mass is 127. The zero-order chi connectivity index (χ0) is 13.0. The lowest BCUT2D eigenvalue weighted by molar-refractivity contribution is -0.385. The second kappa shape index (κ2) is 6.18. The average Bonchev–Trinajstić information content (AvgIpc) is 2.28. The standard InChI is InChI=1S/C12H17IN2O2/c1-4-9(2)8-14(3)10-5-6-12(15(16)17)11(13)7-10/h5-7,9H,4,8H2,1-3H3. The third-order valence-corrected chi connectivity index (χ3v) is 3.72. The number of nitro groups is 1. The van der Waals surface area contributed by atoms with E-state index in [0.29, 0.717) is 9.49 Å². The maximum absolute atomic E-state index is 10.7. The van der Waals surface area contributed by atoms with Gasteiger partial charge in [-0.2, -0.15) is 0 Å². The van der Waals surface area contributed by atoms with Crippen LogP contribution in [0.4, 0.5) is 11.4 Å². The topological polar surface area (TPSA) is 46.4 Å². The Labute approximate surface area is 115 Å². The normalized spacial score (nSPS) is 12.2. The first-order valence-electron chi connectivity index (χ1n) is 5.60. The summed E-state index contributed by atoms with van der Waals surface area (Å²) in [7, 11) is 2.02. The van der Waals surface area contributed by atoms with Crippen molar-refractivity contribution in [3.63, 3.8) is 0 Å². The molecule has 0 N–H and O–H groups in total. The van der Waals surface area contributed by atoms with Crippen LogP contribution in [0.3, 0.4) is 0 Å². The molecule has 0 spiro atoms. The first-order chi connectivity index (χ1) is 7.95. The summed E-state index contributed by atoms with van der Waals surface area (Å²) in [6.07, 6.45) is 1.13. The van der Waals surface area contributed by atoms with Gasteiger partial charge < -0.3 is 4.90 Å². The summed E-state index contributed by atoms with van der Waals surface area (Å²) in [4.78, 5) is 12.5. The second-order valence-electron chi connectivity index (χ2n) is 4.29. The zero-order valence-electron chi connectivity index (χ0n) is 10.3. The van der Waals surface area contributed by atoms with E-state index in [0.717, 1.165) is 18.7 Å². The number of nitro benzene ring substituents is 1. The highest BCUT2D eigenvalue weighted by Crippen LogP contribution is 2.26. The van der Waals surface area contributed by atoms with Gasteiger partial charge in [0.2, 0.25) is 0 Å². The van der Waals surface area contributed by atoms with E-state index in [1.807, 2.05) is 41.8 Å². The van der Waals surface area contributed by atoms with Gasteiger partial charge in [0.05, 0.1) is 8.49 Å². The van der Waals surface area contributed by atoms with E-state index < -0.39 is 0 Å². The third kappa shape index (κ3) is 3.83. The predicted molar refractivity (Wildman–Crippen MR) is 78.5 cm³/mol. The number of benzene rings is 1. The Kier molecular flexibility index (Phi) is 5.17. The minimum Gasteiger partial charge on any atom is -0.374 e. The third-order valence-electron chi connectivity index (χ3n) is 2.85. The second-order valence-corrected chi connectivity index (χ2v) is 5.45. The molecule has 0 aliphatic rings. The fraction of sp³-hybridized carbons (Fsp3) is 0.500. The number of rotatable bonds is 5. The van der Waals surface area contributed by atoms with E-state index in [1.54, 1.807) is 6.07 Å². The van der Waals surface area contributed by atoms with Gasteiger partial charge in [0.25, 0.3) is 5.69 Å². The molecule has 0 radical (unpaired) electrons. The van der Waals surface area contributed by atoms with Crippen LogP contribution in [0.2, 0.25) is 0 Å². The Balaban J connectivity index is 2.86. The first kappa shape index (κ1) is 14.2. The van der Waals surface area contributed by atoms with Crippen LogP contribution in [0.5, 0.6) is 0 Å². The molecule has 0 aliphatic heterocycles. The van der Waals surface area contributed by atoms with E-state index in [2.05, 4.69) is 18.7 Å². The molecule has 0 aliphatic carbocycles. The molecule has 1 aromatic carbocycles. The van der Waals surface area contributed by atoms with Gasteiger partial charge in [-0.05, 0) is 40.6 Å². The maximum atomic E-state index is 10.7. The van der Waals surface area contributed by atoms with Crippen molar-refractivity contribution in [1.29, 1.82) is 0 Å². The van der Waals surface area contributed by atoms with Gasteiger partial charge in [-0.3, -0.25) is 10.1 Å². The Morgan fingerprint density at radius 2 is 2.18 bits per heavy atom. The van der Waals surface area contributed by atoms with Crippen molar-refractivity contribution in [3.8, 4) is 0 Å². The number of anilines is 1. The monoisotopic (exact) mass is 348 g/mol. The highest BCUT2D eigenvalue weighted by Gasteiger charge is 2.13. The van der Waals surface area contributed by atoms with Crippen molar-refractivity contribution in [2.45, 2.75) is 20.3 Å². The summed E-state index contributed by atoms with van der Waals surface area (Å²) in [5.74, 6) is 0.618. The lowest BCUT2D eigenvalue weighted by Gasteiger charge is -2.22. The SMILES string of the molecule is CCC(C)CN(C)c1ccc([N+](=O)[O-])c(I)c1. The molecule has 5 heteroatoms. The number of hydrogen-bond acceptors (Lipinski definition) is 3. The largest absolute Gasteiger partial charge is 0.374 e. The molecule has 0 fully saturated rings. The molecule has 1 rings (SSSR count). The molecule has 1 aromatic rings. The molecule has 94 valence electrons. The zero-order valence-corrected chi connectivity index (χ0v) is 12.5. The molecule has 1 unspecified atom stereocenters. The van der Waals surface area contributed by atoms with Crippen molar-refractivity contribution >= 4 is 34.0 Å². The van der Waals surface area contributed by atoms with Gasteiger partial charge in [0.1, 0.15) is 0 Å². The summed E-state index contributed by atoms with van der Waals surface area (Å²) in [6, 6.07) is 5.24. The fourth-order valence-corrected chi connectivity index (χ4v) is 2.28. The van der Waals surface area contributed by atoms with Crippen molar-refractivity contribution in [2.24, 2.45) is 5.92 Å². The first-order valence-corrected chi connectivity index (χ1v) is 6.68. The van der Waals surface area contributed by atoms with Crippen LogP contribution in [-0.2, 0) is 0 Å². The van der Waals surface area contributed by atoms with E-state index in [9.17, 15) is 10.1 Å². The van der Waals surface area contributed by atoms with Crippen molar-refractivity contribution in [2.75, 3.05) is 18.5 Å². The lowest BCUT2D eigenvalue weighted by Crippen LogP contribution is -2.23. The molecular weight excluding hydrogens is 331 g/mol. The molecule has 4 nitrogen and oxygen atoms in total. The average molecular weight is 348 g/mol. The lowest BCUT2D eigenvalue weighted by atomic mass is 10.1. The van der Waals surface area contributed by atoms with Crippen molar-refractivity contribution in [3.05, 3.63) is 31.9 Å². The minimum absolute atomic E-state index is 0.172. The Bertz CT molecular complexity index is 409. The number of nitrogens with zero attached hydrogens (tertiary/aromatic N) is 2. The van der Waals surface area contributed by atoms with Gasteiger partial charge in [-0.15, -0.1) is 0 Å². The van der Waals surface area contributed by atoms with Crippen LogP contribution >= 0.6 is 22.6 Å². The van der Waals surface area contributed by atoms with Crippen molar-refractivity contribution in [1.82, 2.24) is 0 Å². The number of hydrogen-bond donors (Lipinski definition) is 0. The van der Waals surface area contributed by atoms with Gasteiger partial charge in [0.15, 0.2) is 0 Å². The van der Waals surface area contributed by atoms with Gasteiger partial charge in [0, 0.05) is 25.3 Å². The maximum Gasteiger partial charge on any atom is 0.282 e. The van der Waals surface area contributed by atoms with Crippen molar-refractivity contribution < 1.29 is 4.92 Å². The molecule has 0 bridgehead atoms. The van der Waals surface area contributed by atoms with E-state index in [4.69, 9.17) is 0 Å². The Morgan fingerprint density at radius 3 is 2.65 bits per heavy atom. The molecule has 0 saturated carbocycles. The summed E-state index contributed by atoms with van der Waals surface area (Å²) in [6.45, 7) is 5.33. The van der Waals surface area contributed by atoms with Crippen LogP contribution < -0.4 is 4.90 Å². The van der Waals surface area contributed by atoms with E-state index in [-0.39, 0.29) is 10.6 Å². The van der Waals surface area contributed by atoms with Crippen LogP contribution in [0.15, 0.2) is 18.2 Å². The van der Waals surface area contributed by atoms with Crippen LogP contribution in [-0.4, -0.2) is 18.5 Å². The summed E-state index contributed by atoms with van der Waals surface area (Å²) in [5.41, 5.74) is 1.20. The highest BCUT2D eigenvalue weighted by molar-refractivity contribution is 14.1. The predicted octanol–water partition coefficient (Wildman–Crippen LogP) is 3.68. The Morgan fingerprint density at radius 1 is 1.53 bits per heavy atom. The quantitative estimate of drug-likeness (QED) is 0.463. The summed E-state index contributed by atoms with van der Waals surface area (Å²) < 4.78 is 0.682. The fourth-order valence-electron chi connectivity index (χ4n) is 1.58. The van der Waals surface area contributed by atoms with Gasteiger partial charge in [-0.25, -0.2) is 0 Å². The number of halogens is 1. The smallest absolute Gasteiger partial charge is 0.282 e. The Hall–Kier alpha value is -0.850. The molecular formula is C12H17IN2O2. The molecule has 0 heterocycles. The minimum atomic E-state index is -0.347. The van der Waals surface area contributed by atoms with Crippen LogP contribution in [0, 0.1) is 19.6 Å². The van der Waals surface area contributed by atoms with Crippen LogP contribution in [0.25, 0.3) is 0 Å². The van der Waals surface area contributed by atoms with E-state index >= 15 is 0 Å². The van der Waals surface area contributed by atoms with Gasteiger partial charge >= 0.3 is 0 Å². The van der Waals surface area contributed by atoms with Gasteiger partial charge in [-0.1, -0.05) is 20.3 Å². The molecule has 17 heavy (non-hydrogen) atoms. The van der Waals surface area contributed by atoms with E-state index in [1.165, 1.54) is 0 Å². The molecule has 1 atom stereocenters. The summed E-state index contributed by atoms with van der Waals surface area (Å²) in [5, 5.41) is 10.7. The molecule has 0 amide bonds. The molecule has 0 aromatic heterocycles.